The molecule has 0 saturated heterocycles. The number of hydrogen-bond acceptors (Lipinski definition) is 6. The zero-order valence-corrected chi connectivity index (χ0v) is 11.6. The first-order valence-electron chi connectivity index (χ1n) is 5.57. The number of rotatable bonds is 4. The van der Waals surface area contributed by atoms with E-state index in [-0.39, 0.29) is 16.0 Å². The molecule has 0 aliphatic heterocycles. The largest absolute Gasteiger partial charge is 0.497 e. The van der Waals surface area contributed by atoms with Crippen LogP contribution in [0.15, 0.2) is 24.4 Å². The smallest absolute Gasteiger partial charge is 0.345 e. The number of carbonyl (C=O) groups excluding carboxylic acids is 1. The number of amides is 1. The predicted octanol–water partition coefficient (Wildman–Crippen LogP) is 2.62. The molecule has 104 valence electrons. The Bertz CT molecular complexity index is 668. The van der Waals surface area contributed by atoms with Gasteiger partial charge in [-0.15, -0.1) is 0 Å². The van der Waals surface area contributed by atoms with Gasteiger partial charge in [0.2, 0.25) is 0 Å². The third-order valence-electron chi connectivity index (χ3n) is 2.57. The average molecular weight is 293 g/mol. The highest BCUT2D eigenvalue weighted by atomic mass is 32.1. The highest BCUT2D eigenvalue weighted by Gasteiger charge is 2.15. The summed E-state index contributed by atoms with van der Waals surface area (Å²) >= 11 is 0.811. The van der Waals surface area contributed by atoms with E-state index in [1.54, 1.807) is 32.2 Å². The van der Waals surface area contributed by atoms with Crippen molar-refractivity contribution in [3.05, 3.63) is 45.6 Å². The molecule has 0 radical (unpaired) electrons. The normalized spacial score (nSPS) is 10.1. The highest BCUT2D eigenvalue weighted by molar-refractivity contribution is 7.18. The summed E-state index contributed by atoms with van der Waals surface area (Å²) in [7, 11) is 1.54. The van der Waals surface area contributed by atoms with Crippen LogP contribution in [0, 0.1) is 17.0 Å². The Hall–Kier alpha value is -2.48. The van der Waals surface area contributed by atoms with E-state index in [0.717, 1.165) is 23.1 Å². The summed E-state index contributed by atoms with van der Waals surface area (Å²) in [5, 5.41) is 13.2. The molecule has 0 bridgehead atoms. The second kappa shape index (κ2) is 5.66. The fraction of sp³-hybridized carbons (Fsp3) is 0.167. The van der Waals surface area contributed by atoms with Crippen molar-refractivity contribution in [1.29, 1.82) is 0 Å². The molecule has 20 heavy (non-hydrogen) atoms. The Morgan fingerprint density at radius 1 is 1.50 bits per heavy atom. The molecule has 1 aromatic carbocycles. The fourth-order valence-electron chi connectivity index (χ4n) is 1.59. The number of nitrogens with zero attached hydrogens (tertiary/aromatic N) is 2. The van der Waals surface area contributed by atoms with Crippen molar-refractivity contribution in [1.82, 2.24) is 4.98 Å². The van der Waals surface area contributed by atoms with Gasteiger partial charge in [0.15, 0.2) is 5.13 Å². The lowest BCUT2D eigenvalue weighted by molar-refractivity contribution is -0.380. The number of carbonyl (C=O) groups is 1. The van der Waals surface area contributed by atoms with Crippen LogP contribution < -0.4 is 10.1 Å². The first kappa shape index (κ1) is 13.9. The van der Waals surface area contributed by atoms with Crippen LogP contribution in [0.5, 0.6) is 5.75 Å². The second-order valence-electron chi connectivity index (χ2n) is 3.90. The van der Waals surface area contributed by atoms with Gasteiger partial charge in [-0.25, -0.2) is 4.98 Å². The van der Waals surface area contributed by atoms with Crippen molar-refractivity contribution in [2.75, 3.05) is 12.4 Å². The maximum absolute atomic E-state index is 12.1. The van der Waals surface area contributed by atoms with Crippen LogP contribution in [-0.4, -0.2) is 22.9 Å². The molecule has 0 fully saturated rings. The van der Waals surface area contributed by atoms with E-state index in [0.29, 0.717) is 11.3 Å². The number of nitro groups is 1. The maximum atomic E-state index is 12.1. The molecule has 2 aromatic rings. The SMILES string of the molecule is COc1ccc(C(=O)Nc2ncc([N+](=O)[O-])s2)c(C)c1. The minimum absolute atomic E-state index is 0.119. The minimum Gasteiger partial charge on any atom is -0.497 e. The van der Waals surface area contributed by atoms with E-state index in [4.69, 9.17) is 4.74 Å². The molecule has 0 saturated carbocycles. The van der Waals surface area contributed by atoms with Crippen LogP contribution in [0.1, 0.15) is 15.9 Å². The van der Waals surface area contributed by atoms with Gasteiger partial charge in [-0.2, -0.15) is 0 Å². The quantitative estimate of drug-likeness (QED) is 0.690. The van der Waals surface area contributed by atoms with E-state index >= 15 is 0 Å². The van der Waals surface area contributed by atoms with Gasteiger partial charge < -0.3 is 4.74 Å². The van der Waals surface area contributed by atoms with Crippen molar-refractivity contribution < 1.29 is 14.5 Å². The van der Waals surface area contributed by atoms with Crippen LogP contribution in [0.25, 0.3) is 0 Å². The lowest BCUT2D eigenvalue weighted by atomic mass is 10.1. The van der Waals surface area contributed by atoms with Gasteiger partial charge >= 0.3 is 5.00 Å². The number of benzene rings is 1. The predicted molar refractivity (Wildman–Crippen MR) is 74.5 cm³/mol. The zero-order valence-electron chi connectivity index (χ0n) is 10.7. The number of nitrogens with one attached hydrogen (secondary N) is 1. The lowest BCUT2D eigenvalue weighted by Crippen LogP contribution is -2.13. The Balaban J connectivity index is 2.17. The lowest BCUT2D eigenvalue weighted by Gasteiger charge is -2.07. The summed E-state index contributed by atoms with van der Waals surface area (Å²) < 4.78 is 5.06. The molecule has 1 heterocycles. The van der Waals surface area contributed by atoms with Gasteiger partial charge in [0, 0.05) is 5.56 Å². The molecule has 0 aliphatic rings. The number of aromatic nitrogens is 1. The van der Waals surface area contributed by atoms with Gasteiger partial charge in [0.25, 0.3) is 5.91 Å². The average Bonchev–Trinajstić information content (AvgIpc) is 2.87. The summed E-state index contributed by atoms with van der Waals surface area (Å²) in [5.41, 5.74) is 1.21. The number of thiazole rings is 1. The second-order valence-corrected chi connectivity index (χ2v) is 4.90. The first-order valence-corrected chi connectivity index (χ1v) is 6.39. The van der Waals surface area contributed by atoms with Gasteiger partial charge in [-0.3, -0.25) is 20.2 Å². The van der Waals surface area contributed by atoms with Crippen molar-refractivity contribution >= 4 is 27.4 Å². The Morgan fingerprint density at radius 2 is 2.25 bits per heavy atom. The monoisotopic (exact) mass is 293 g/mol. The summed E-state index contributed by atoms with van der Waals surface area (Å²) in [5.74, 6) is 0.290. The van der Waals surface area contributed by atoms with Crippen molar-refractivity contribution in [2.45, 2.75) is 6.92 Å². The molecule has 1 N–H and O–H groups in total. The maximum Gasteiger partial charge on any atom is 0.345 e. The molecule has 7 nitrogen and oxygen atoms in total. The number of ether oxygens (including phenoxy) is 1. The van der Waals surface area contributed by atoms with E-state index in [2.05, 4.69) is 10.3 Å². The van der Waals surface area contributed by atoms with E-state index in [9.17, 15) is 14.9 Å². The zero-order chi connectivity index (χ0) is 14.7. The summed E-state index contributed by atoms with van der Waals surface area (Å²) in [6.45, 7) is 1.78. The Kier molecular flexibility index (Phi) is 3.94. The van der Waals surface area contributed by atoms with Gasteiger partial charge in [0.05, 0.1) is 12.0 Å². The van der Waals surface area contributed by atoms with Crippen molar-refractivity contribution in [3.8, 4) is 5.75 Å². The Morgan fingerprint density at radius 3 is 2.80 bits per heavy atom. The molecule has 0 aliphatic carbocycles. The first-order chi connectivity index (χ1) is 9.51. The van der Waals surface area contributed by atoms with Crippen LogP contribution in [0.2, 0.25) is 0 Å². The molecule has 1 amide bonds. The molecule has 0 spiro atoms. The molecule has 0 atom stereocenters. The van der Waals surface area contributed by atoms with E-state index in [1.165, 1.54) is 0 Å². The third kappa shape index (κ3) is 2.91. The summed E-state index contributed by atoms with van der Waals surface area (Å²) in [6, 6.07) is 5.04. The standard InChI is InChI=1S/C12H11N3O4S/c1-7-5-8(19-2)3-4-9(7)11(16)14-12-13-6-10(20-12)15(17)18/h3-6H,1-2H3,(H,13,14,16). The molecular weight excluding hydrogens is 282 g/mol. The van der Waals surface area contributed by atoms with Gasteiger partial charge in [-0.1, -0.05) is 0 Å². The number of anilines is 1. The fourth-order valence-corrected chi connectivity index (χ4v) is 2.22. The number of methoxy groups -OCH3 is 1. The van der Waals surface area contributed by atoms with E-state index < -0.39 is 4.92 Å². The topological polar surface area (TPSA) is 94.4 Å². The highest BCUT2D eigenvalue weighted by Crippen LogP contribution is 2.26. The Labute approximate surface area is 118 Å². The van der Waals surface area contributed by atoms with Crippen LogP contribution in [0.4, 0.5) is 10.1 Å². The molecule has 2 rings (SSSR count). The molecular formula is C12H11N3O4S. The number of hydrogen-bond donors (Lipinski definition) is 1. The van der Waals surface area contributed by atoms with Gasteiger partial charge in [0.1, 0.15) is 11.9 Å². The van der Waals surface area contributed by atoms with Crippen LogP contribution >= 0.6 is 11.3 Å². The van der Waals surface area contributed by atoms with Gasteiger partial charge in [-0.05, 0) is 42.0 Å². The summed E-state index contributed by atoms with van der Waals surface area (Å²) in [4.78, 5) is 25.8. The number of aryl methyl sites for hydroxylation is 1. The van der Waals surface area contributed by atoms with Crippen molar-refractivity contribution in [2.24, 2.45) is 0 Å². The molecule has 8 heteroatoms. The molecule has 0 unspecified atom stereocenters. The third-order valence-corrected chi connectivity index (χ3v) is 3.44. The minimum atomic E-state index is -0.550. The van der Waals surface area contributed by atoms with E-state index in [1.807, 2.05) is 0 Å². The summed E-state index contributed by atoms with van der Waals surface area (Å²) in [6.07, 6.45) is 1.11. The van der Waals surface area contributed by atoms with Crippen LogP contribution in [0.3, 0.4) is 0 Å². The molecule has 1 aromatic heterocycles. The van der Waals surface area contributed by atoms with Crippen LogP contribution in [-0.2, 0) is 0 Å². The van der Waals surface area contributed by atoms with Crippen molar-refractivity contribution in [3.63, 3.8) is 0 Å².